The number of methoxy groups -OCH3 is 2. The van der Waals surface area contributed by atoms with Crippen molar-refractivity contribution in [1.29, 1.82) is 15.8 Å². The summed E-state index contributed by atoms with van der Waals surface area (Å²) in [7, 11) is 40.4. The zero-order valence-corrected chi connectivity index (χ0v) is 84.4. The number of carboxylic acid groups (broad SMARTS) is 1. The Labute approximate surface area is 837 Å². The van der Waals surface area contributed by atoms with Gasteiger partial charge in [0.25, 0.3) is 0 Å². The van der Waals surface area contributed by atoms with Gasteiger partial charge in [-0.15, -0.1) is 90.6 Å². The van der Waals surface area contributed by atoms with Gasteiger partial charge in [-0.3, -0.25) is 0 Å². The Hall–Kier alpha value is -11.6. The van der Waals surface area contributed by atoms with Crippen molar-refractivity contribution in [2.75, 3.05) is 140 Å². The third-order valence-corrected chi connectivity index (χ3v) is 15.0. The number of nitriles is 3. The fraction of sp³-hybridized carbons (Fsp3) is 0.205. The normalized spacial score (nSPS) is 14.3. The number of anilines is 10. The van der Waals surface area contributed by atoms with Gasteiger partial charge in [0.05, 0.1) is 14.2 Å². The average Bonchev–Trinajstić information content (AvgIpc) is 1.74. The van der Waals surface area contributed by atoms with Crippen molar-refractivity contribution < 1.29 is 118 Å². The quantitative estimate of drug-likeness (QED) is 0.0558. The van der Waals surface area contributed by atoms with Crippen LogP contribution < -0.4 is 68.3 Å². The van der Waals surface area contributed by atoms with E-state index in [9.17, 15) is 15.0 Å². The molecule has 10 aliphatic heterocycles. The number of aromatic nitrogens is 5. The third kappa shape index (κ3) is 45.7. The largest absolute Gasteiger partial charge is 5.00 e. The second-order valence-corrected chi connectivity index (χ2v) is 25.1. The number of hydrogen-bond acceptors (Lipinski definition) is 34. The van der Waals surface area contributed by atoms with Crippen molar-refractivity contribution in [3.63, 3.8) is 0 Å². The summed E-state index contributed by atoms with van der Waals surface area (Å²) in [5, 5.41) is 81.8. The third-order valence-electron chi connectivity index (χ3n) is 15.0. The summed E-state index contributed by atoms with van der Waals surface area (Å²) in [5.41, 5.74) is 0. The molecule has 10 aliphatic rings. The summed E-state index contributed by atoms with van der Waals surface area (Å²) in [5.74, 6) is 8.21. The molecule has 5 aromatic rings. The maximum atomic E-state index is 11.8. The Bertz CT molecular complexity index is 4180. The summed E-state index contributed by atoms with van der Waals surface area (Å²) in [6.45, 7) is 33.3. The van der Waals surface area contributed by atoms with E-state index < -0.39 is 12.6 Å². The maximum absolute atomic E-state index is 11.8. The van der Waals surface area contributed by atoms with Crippen LogP contribution in [0.4, 0.5) is 58.2 Å². The molecule has 0 fully saturated rings. The first-order valence-corrected chi connectivity index (χ1v) is 44.1. The smallest absolute Gasteiger partial charge is 5.00 e. The molecule has 0 aliphatic carbocycles. The van der Waals surface area contributed by atoms with Gasteiger partial charge in [-0.25, -0.2) is 70.4 Å². The zero-order chi connectivity index (χ0) is 98.4. The summed E-state index contributed by atoms with van der Waals surface area (Å²) in [6, 6.07) is 21.9. The predicted octanol–water partition coefficient (Wildman–Crippen LogP) is 13.5. The van der Waals surface area contributed by atoms with Gasteiger partial charge in [0.15, 0.2) is 6.61 Å². The van der Waals surface area contributed by atoms with Crippen LogP contribution in [0.15, 0.2) is 185 Å². The number of carbonyl (C=O) groups is 1. The standard InChI is InChI=1S/C15H17N5O3.2C14H17N5O.2C13H15N5O.4C2H4N.3C2H2N.4ClH.2Ni.3Ru/c1-17-3-5-19(10-17)13-7-12(23-9-15(21)22)8-14(16-13)20-6-4-18(2)11-20;2*1-16-4-6-18(10-16)13-8-12(20-3)9-14(15-13)19-7-5-17(2)11-19;2*1-15-3-5-17(9-15)12-7-11(19)8-13(14-12)18-6-4-16(2)10-18;7*1-2-3;;;;;;;;;/h3-8,10-11H,9H2,1-2H3,(H,21,22);2*4-11H,1-3H3;2*3-10H,1-2H3,(H,14,19);4*2H,1H3;3*1H2;4*1H;;;;;/q5*-2;7*-1;;;;;4*+1;+5/p-5. The van der Waals surface area contributed by atoms with E-state index in [1.807, 2.05) is 418 Å². The molecule has 39 nitrogen and oxygen atoms in total. The maximum Gasteiger partial charge on any atom is 5.00 e. The molecule has 0 amide bonds. The van der Waals surface area contributed by atoms with Crippen molar-refractivity contribution >= 4 is 129 Å². The Morgan fingerprint density at radius 1 is 0.374 bits per heavy atom. The van der Waals surface area contributed by atoms with Gasteiger partial charge >= 0.3 is 129 Å². The van der Waals surface area contributed by atoms with Crippen molar-refractivity contribution in [2.45, 2.75) is 27.7 Å². The molecular weight excluding hydrogens is 2120 g/mol. The molecule has 0 saturated heterocycles. The molecule has 15 rings (SSSR count). The second-order valence-electron chi connectivity index (χ2n) is 25.1. The summed E-state index contributed by atoms with van der Waals surface area (Å²) < 4.78 is 16.1. The summed E-state index contributed by atoms with van der Waals surface area (Å²) >= 11 is 10.3. The first-order valence-electron chi connectivity index (χ1n) is 36.9. The number of aromatic hydroxyl groups is 1. The predicted molar refractivity (Wildman–Crippen MR) is 502 cm³/mol. The topological polar surface area (TPSA) is 398 Å². The Morgan fingerprint density at radius 2 is 0.511 bits per heavy atom. The molecule has 5 aromatic heterocycles. The van der Waals surface area contributed by atoms with Crippen LogP contribution in [-0.2, 0) is 88.0 Å². The van der Waals surface area contributed by atoms with Crippen LogP contribution in [-0.4, -0.2) is 206 Å². The van der Waals surface area contributed by atoms with Gasteiger partial charge in [0.1, 0.15) is 81.2 Å². The Kier molecular flexibility index (Phi) is 65.1. The number of ether oxygens (including phenoxy) is 3. The number of rotatable bonds is 15. The van der Waals surface area contributed by atoms with Crippen LogP contribution in [0, 0.1) is 121 Å². The van der Waals surface area contributed by atoms with Crippen LogP contribution in [0.25, 0.3) is 21.6 Å². The van der Waals surface area contributed by atoms with E-state index in [-0.39, 0.29) is 31.0 Å². The van der Waals surface area contributed by atoms with Crippen LogP contribution in [0.2, 0.25) is 0 Å². The molecule has 0 bridgehead atoms. The number of halogens is 4. The zero-order valence-electron chi connectivity index (χ0n) is 74.2. The fourth-order valence-corrected chi connectivity index (χ4v) is 10.0. The fourth-order valence-electron chi connectivity index (χ4n) is 10.0. The molecule has 0 spiro atoms. The SMILES string of the molecule is CC=[N-].CC=[N-].CC=[N-].CC=[N-].CN1C=CN(c2cc(O)cc(N3C=CN(C)[CH-]3)n2)[CH-]1.CN1C=CN(c2cc(OCC(=O)O)cc(N3C=CN(C)[CH-]3)n2)[CH-]1.CN1C=CN(c2cc([O-])cc(N3C=CN(C)[CH-]3)n2)[CH-]1.COc1cc(N2C=CN(C)[CH-]2)nc(N2C=CN(C)[CH-]2)c1.COc1cc(N2C=CN(C)[CH-]2)nc(N2C=CN(C)[CH-]2)c1.[CH2-]C#N.[CH2-]C#N.[CH2-]C#N.[Cl][Ni].[Cl][Ni].[Cl][Ru].[Cl][Ru].[Ru+5]. The molecular formula is C83H102Cl4N32Ni2O7Ru3-13. The van der Waals surface area contributed by atoms with Gasteiger partial charge in [-0.1, -0.05) is 27.7 Å². The van der Waals surface area contributed by atoms with Crippen LogP contribution in [0.1, 0.15) is 27.7 Å². The molecule has 48 heteroatoms. The van der Waals surface area contributed by atoms with E-state index in [1.165, 1.54) is 30.3 Å². The van der Waals surface area contributed by atoms with Crippen LogP contribution in [0.3, 0.4) is 0 Å². The number of pyridine rings is 5. The second kappa shape index (κ2) is 70.3. The van der Waals surface area contributed by atoms with Crippen molar-refractivity contribution in [2.24, 2.45) is 0 Å². The van der Waals surface area contributed by atoms with E-state index in [4.69, 9.17) is 56.7 Å². The van der Waals surface area contributed by atoms with Gasteiger partial charge in [-0.05, 0) is 207 Å². The molecule has 721 valence electrons. The van der Waals surface area contributed by atoms with Gasteiger partial charge < -0.3 is 170 Å². The van der Waals surface area contributed by atoms with E-state index in [0.29, 0.717) is 40.7 Å². The number of nitrogens with zero attached hydrogens (tertiary/aromatic N) is 32. The average molecular weight is 2220 g/mol. The Balaban J connectivity index is 0. The van der Waals surface area contributed by atoms with Gasteiger partial charge in [-0.2, -0.15) is 0 Å². The van der Waals surface area contributed by atoms with Gasteiger partial charge in [0, 0.05) is 48.5 Å². The minimum atomic E-state index is -1.02. The molecule has 131 heavy (non-hydrogen) atoms. The van der Waals surface area contributed by atoms with Crippen molar-refractivity contribution in [3.8, 4) is 47.0 Å². The van der Waals surface area contributed by atoms with E-state index in [0.717, 1.165) is 59.6 Å². The summed E-state index contributed by atoms with van der Waals surface area (Å²) in [4.78, 5) is 71.8. The molecule has 2 N–H and O–H groups in total. The Morgan fingerprint density at radius 3 is 0.641 bits per heavy atom. The van der Waals surface area contributed by atoms with Crippen molar-refractivity contribution in [1.82, 2.24) is 73.9 Å². The molecule has 0 unspecified atom stereocenters. The molecule has 15 heterocycles. The van der Waals surface area contributed by atoms with E-state index >= 15 is 0 Å². The molecule has 0 atom stereocenters. The molecule has 1 radical (unpaired) electrons. The van der Waals surface area contributed by atoms with Crippen molar-refractivity contribution in [3.05, 3.63) is 294 Å². The van der Waals surface area contributed by atoms with Crippen LogP contribution in [0.5, 0.6) is 28.7 Å². The first kappa shape index (κ1) is 121. The van der Waals surface area contributed by atoms with Crippen LogP contribution >= 0.6 is 39.8 Å². The number of aliphatic carboxylic acids is 1. The monoisotopic (exact) mass is 2220 g/mol. The van der Waals surface area contributed by atoms with Gasteiger partial charge in [0.2, 0.25) is 0 Å². The minimum Gasteiger partial charge on any atom is 5.00 e. The summed E-state index contributed by atoms with van der Waals surface area (Å²) in [6.07, 6.45) is 42.4. The number of carboxylic acids is 1. The molecule has 0 saturated carbocycles. The van der Waals surface area contributed by atoms with E-state index in [1.54, 1.807) is 66.2 Å². The number of hydrogen-bond donors (Lipinski definition) is 2. The minimum absolute atomic E-state index is 0. The van der Waals surface area contributed by atoms with E-state index in [2.05, 4.69) is 115 Å². The molecule has 0 aromatic carbocycles. The first-order chi connectivity index (χ1) is 62.4.